The third-order valence-corrected chi connectivity index (χ3v) is 5.86. The number of hydrogen-bond acceptors (Lipinski definition) is 9. The average molecular weight is 706 g/mol. The van der Waals surface area contributed by atoms with Crippen LogP contribution in [0.25, 0.3) is 0 Å². The Morgan fingerprint density at radius 2 is 0.857 bits per heavy atom. The summed E-state index contributed by atoms with van der Waals surface area (Å²) >= 11 is 0. The molecule has 294 valence electrons. The van der Waals surface area contributed by atoms with Crippen molar-refractivity contribution in [2.75, 3.05) is 6.61 Å². The van der Waals surface area contributed by atoms with Crippen LogP contribution in [0, 0.1) is 40.9 Å². The van der Waals surface area contributed by atoms with Crippen molar-refractivity contribution in [2.24, 2.45) is 40.9 Å². The fourth-order valence-corrected chi connectivity index (χ4v) is 1.85. The molecule has 0 aliphatic rings. The first-order valence-electron chi connectivity index (χ1n) is 17.5. The molecule has 1 amide bonds. The van der Waals surface area contributed by atoms with Gasteiger partial charge in [-0.05, 0) is 53.9 Å². The summed E-state index contributed by atoms with van der Waals surface area (Å²) < 4.78 is 5.06. The molecule has 0 saturated carbocycles. The Balaban J connectivity index is -0.000000115. The van der Waals surface area contributed by atoms with Crippen LogP contribution in [0.15, 0.2) is 0 Å². The van der Waals surface area contributed by atoms with E-state index in [1.165, 1.54) is 0 Å². The normalized spacial score (nSPS) is 10.8. The second kappa shape index (κ2) is 30.4. The number of aliphatic hydroxyl groups excluding tert-OH is 1. The van der Waals surface area contributed by atoms with Gasteiger partial charge in [-0.15, -0.1) is 0 Å². The van der Waals surface area contributed by atoms with Gasteiger partial charge in [0.1, 0.15) is 29.6 Å². The van der Waals surface area contributed by atoms with Crippen LogP contribution in [0.4, 0.5) is 0 Å². The minimum absolute atomic E-state index is 0.0231. The minimum atomic E-state index is -0.346. The second-order valence-corrected chi connectivity index (χ2v) is 16.3. The number of ether oxygens (including phenoxy) is 1. The summed E-state index contributed by atoms with van der Waals surface area (Å²) in [5.74, 6) is 0.867. The van der Waals surface area contributed by atoms with Gasteiger partial charge in [0.05, 0.1) is 12.0 Å². The van der Waals surface area contributed by atoms with Gasteiger partial charge < -0.3 is 9.84 Å². The van der Waals surface area contributed by atoms with Gasteiger partial charge in [-0.1, -0.05) is 104 Å². The van der Waals surface area contributed by atoms with Crippen LogP contribution in [0.5, 0.6) is 0 Å². The summed E-state index contributed by atoms with van der Waals surface area (Å²) in [6.07, 6.45) is 0.699. The molecule has 0 aromatic heterocycles. The van der Waals surface area contributed by atoms with Crippen LogP contribution in [0.3, 0.4) is 0 Å². The van der Waals surface area contributed by atoms with E-state index in [9.17, 15) is 28.8 Å². The zero-order valence-corrected chi connectivity index (χ0v) is 35.7. The Bertz CT molecular complexity index is 868. The molecule has 10 nitrogen and oxygen atoms in total. The maximum Gasteiger partial charge on any atom is 0.308 e. The van der Waals surface area contributed by atoms with Gasteiger partial charge in [0.15, 0.2) is 5.78 Å². The van der Waals surface area contributed by atoms with Crippen LogP contribution in [0.1, 0.15) is 159 Å². The molecule has 0 fully saturated rings. The summed E-state index contributed by atoms with van der Waals surface area (Å²) in [5.41, 5.74) is -0.192. The molecule has 0 saturated heterocycles. The van der Waals surface area contributed by atoms with Crippen LogP contribution in [0.2, 0.25) is 0 Å². The Morgan fingerprint density at radius 3 is 0.918 bits per heavy atom. The van der Waals surface area contributed by atoms with Crippen molar-refractivity contribution < 1.29 is 43.8 Å². The molecule has 49 heavy (non-hydrogen) atoms. The zero-order valence-electron chi connectivity index (χ0n) is 35.7. The highest BCUT2D eigenvalue weighted by Crippen LogP contribution is 2.20. The third-order valence-electron chi connectivity index (χ3n) is 5.86. The minimum Gasteiger partial charge on any atom is -0.460 e. The SMILES string of the molecule is CC(=O)C(C)C.CC(=O)C(C)C.CC(C)C(=O)CC(C)(C)C.CC(C)C(=O)CO.CC(C)C(=O)N(O)C(C)C.CC(C)C(=O)OC(C)(C)C. The van der Waals surface area contributed by atoms with Crippen molar-refractivity contribution in [3.8, 4) is 0 Å². The van der Waals surface area contributed by atoms with Gasteiger partial charge in [-0.2, -0.15) is 0 Å². The first-order valence-corrected chi connectivity index (χ1v) is 17.5. The largest absolute Gasteiger partial charge is 0.460 e. The van der Waals surface area contributed by atoms with Crippen molar-refractivity contribution in [3.05, 3.63) is 0 Å². The lowest BCUT2D eigenvalue weighted by Gasteiger charge is -2.20. The first-order chi connectivity index (χ1) is 21.6. The molecule has 0 heterocycles. The topological polar surface area (TPSA) is 155 Å². The van der Waals surface area contributed by atoms with E-state index in [0.717, 1.165) is 5.06 Å². The van der Waals surface area contributed by atoms with E-state index in [0.29, 0.717) is 12.2 Å². The van der Waals surface area contributed by atoms with Gasteiger partial charge in [0.25, 0.3) is 0 Å². The summed E-state index contributed by atoms with van der Waals surface area (Å²) in [5, 5.41) is 18.0. The number of esters is 1. The summed E-state index contributed by atoms with van der Waals surface area (Å²) in [4.78, 5) is 63.6. The molecule has 0 aromatic carbocycles. The highest BCUT2D eigenvalue weighted by atomic mass is 16.6. The number of aliphatic hydroxyl groups is 1. The van der Waals surface area contributed by atoms with Crippen LogP contribution in [-0.2, 0) is 33.5 Å². The van der Waals surface area contributed by atoms with Gasteiger partial charge in [-0.25, -0.2) is 5.06 Å². The third kappa shape index (κ3) is 50.0. The number of Topliss-reactive ketones (excluding diaryl/α,β-unsaturated/α-hetero) is 4. The smallest absolute Gasteiger partial charge is 0.308 e. The van der Waals surface area contributed by atoms with Crippen molar-refractivity contribution in [1.82, 2.24) is 5.06 Å². The number of ketones is 4. The Labute approximate surface area is 301 Å². The van der Waals surface area contributed by atoms with E-state index >= 15 is 0 Å². The number of rotatable bonds is 9. The van der Waals surface area contributed by atoms with Gasteiger partial charge in [-0.3, -0.25) is 34.0 Å². The first kappa shape index (κ1) is 58.7. The zero-order chi connectivity index (χ0) is 41.2. The van der Waals surface area contributed by atoms with E-state index in [-0.39, 0.29) is 88.4 Å². The highest BCUT2D eigenvalue weighted by Gasteiger charge is 2.19. The quantitative estimate of drug-likeness (QED) is 0.136. The fourth-order valence-electron chi connectivity index (χ4n) is 1.85. The van der Waals surface area contributed by atoms with Crippen molar-refractivity contribution in [1.29, 1.82) is 0 Å². The Morgan fingerprint density at radius 1 is 0.551 bits per heavy atom. The molecular weight excluding hydrogens is 626 g/mol. The van der Waals surface area contributed by atoms with E-state index in [1.807, 2.05) is 76.2 Å². The Hall–Kier alpha value is -2.46. The lowest BCUT2D eigenvalue weighted by Crippen LogP contribution is -2.36. The number of nitrogens with zero attached hydrogens (tertiary/aromatic N) is 1. The molecule has 0 radical (unpaired) electrons. The van der Waals surface area contributed by atoms with Gasteiger partial charge in [0.2, 0.25) is 5.91 Å². The molecule has 0 aromatic rings. The lowest BCUT2D eigenvalue weighted by molar-refractivity contribution is -0.176. The molecule has 10 heteroatoms. The molecule has 0 unspecified atom stereocenters. The number of carbonyl (C=O) groups excluding carboxylic acids is 6. The number of carbonyl (C=O) groups is 6. The second-order valence-electron chi connectivity index (χ2n) is 16.3. The highest BCUT2D eigenvalue weighted by molar-refractivity contribution is 5.81. The van der Waals surface area contributed by atoms with Crippen molar-refractivity contribution in [3.63, 3.8) is 0 Å². The molecular formula is C39H79NO9. The summed E-state index contributed by atoms with van der Waals surface area (Å²) in [6, 6.07) is -0.130. The lowest BCUT2D eigenvalue weighted by atomic mass is 9.87. The van der Waals surface area contributed by atoms with E-state index in [2.05, 4.69) is 20.8 Å². The monoisotopic (exact) mass is 706 g/mol. The fraction of sp³-hybridized carbons (Fsp3) is 0.846. The predicted octanol–water partition coefficient (Wildman–Crippen LogP) is 8.57. The number of hydrogen-bond donors (Lipinski definition) is 2. The molecule has 0 spiro atoms. The van der Waals surface area contributed by atoms with Gasteiger partial charge in [0, 0.05) is 36.0 Å². The molecule has 0 bridgehead atoms. The summed E-state index contributed by atoms with van der Waals surface area (Å²) in [6.45, 7) is 40.5. The van der Waals surface area contributed by atoms with Crippen LogP contribution in [-0.4, -0.2) is 68.6 Å². The van der Waals surface area contributed by atoms with Crippen LogP contribution < -0.4 is 0 Å². The molecule has 0 atom stereocenters. The number of amides is 1. The molecule has 0 rings (SSSR count). The maximum atomic E-state index is 11.2. The standard InChI is InChI=1S/C9H18O.C8H16O2.C7H15NO2.C5H10O2.2C5H10O/c1-7(2)8(10)6-9(3,4)5;1-6(2)7(9)10-8(3,4)5;1-5(2)7(9)8(10)6(3)4;1-4(2)5(7)3-6;2*1-4(2)5(3)6/h7H,6H2,1-5H3;6H,1-5H3;5-6,10H,1-4H3;4,6H,3H2,1-2H3;2*4H,1-3H3. The van der Waals surface area contributed by atoms with Crippen LogP contribution >= 0.6 is 0 Å². The molecule has 0 aliphatic carbocycles. The van der Waals surface area contributed by atoms with Gasteiger partial charge >= 0.3 is 5.97 Å². The van der Waals surface area contributed by atoms with Crippen molar-refractivity contribution >= 4 is 35.0 Å². The molecule has 2 N–H and O–H groups in total. The molecule has 0 aliphatic heterocycles. The number of hydroxylamine groups is 2. The summed E-state index contributed by atoms with van der Waals surface area (Å²) in [7, 11) is 0. The van der Waals surface area contributed by atoms with E-state index < -0.39 is 0 Å². The van der Waals surface area contributed by atoms with Crippen molar-refractivity contribution in [2.45, 2.75) is 170 Å². The predicted molar refractivity (Wildman–Crippen MR) is 201 cm³/mol. The Kier molecular flexibility index (Phi) is 36.4. The van der Waals surface area contributed by atoms with E-state index in [4.69, 9.17) is 15.1 Å². The maximum absolute atomic E-state index is 11.2. The van der Waals surface area contributed by atoms with E-state index in [1.54, 1.807) is 55.4 Å². The average Bonchev–Trinajstić information content (AvgIpc) is 2.91.